The van der Waals surface area contributed by atoms with Crippen molar-refractivity contribution in [2.24, 2.45) is 5.73 Å². The first kappa shape index (κ1) is 14.3. The van der Waals surface area contributed by atoms with Gasteiger partial charge in [0.15, 0.2) is 0 Å². The van der Waals surface area contributed by atoms with Gasteiger partial charge >= 0.3 is 0 Å². The van der Waals surface area contributed by atoms with Crippen molar-refractivity contribution in [2.45, 2.75) is 13.5 Å². The monoisotopic (exact) mass is 285 g/mol. The van der Waals surface area contributed by atoms with E-state index in [1.54, 1.807) is 29.7 Å². The fourth-order valence-corrected chi connectivity index (χ4v) is 2.44. The molecule has 3 N–H and O–H groups in total. The third-order valence-corrected chi connectivity index (χ3v) is 3.73. The summed E-state index contributed by atoms with van der Waals surface area (Å²) in [5.74, 6) is 5.42. The van der Waals surface area contributed by atoms with Crippen LogP contribution < -0.4 is 11.1 Å². The molecule has 0 atom stereocenters. The lowest BCUT2D eigenvalue weighted by atomic mass is 10.2. The van der Waals surface area contributed by atoms with E-state index >= 15 is 0 Å². The minimum atomic E-state index is -0.184. The molecule has 0 bridgehead atoms. The average molecular weight is 285 g/mol. The Balaban J connectivity index is 1.97. The van der Waals surface area contributed by atoms with Crippen LogP contribution in [0.1, 0.15) is 26.5 Å². The fourth-order valence-electron chi connectivity index (χ4n) is 1.59. The Hall–Kier alpha value is -2.16. The summed E-state index contributed by atoms with van der Waals surface area (Å²) in [6.45, 7) is 2.86. The summed E-state index contributed by atoms with van der Waals surface area (Å²) in [4.78, 5) is 17.2. The number of pyridine rings is 1. The van der Waals surface area contributed by atoms with Gasteiger partial charge in [0.25, 0.3) is 5.91 Å². The van der Waals surface area contributed by atoms with Crippen molar-refractivity contribution in [1.29, 1.82) is 0 Å². The average Bonchev–Trinajstić information content (AvgIpc) is 2.88. The molecule has 5 heteroatoms. The van der Waals surface area contributed by atoms with Crippen molar-refractivity contribution in [2.75, 3.05) is 6.54 Å². The quantitative estimate of drug-likeness (QED) is 0.843. The van der Waals surface area contributed by atoms with Gasteiger partial charge in [-0.05, 0) is 36.1 Å². The van der Waals surface area contributed by atoms with Gasteiger partial charge in [0, 0.05) is 16.6 Å². The number of carbonyl (C=O) groups is 1. The molecule has 0 aliphatic heterocycles. The molecule has 2 rings (SSSR count). The summed E-state index contributed by atoms with van der Waals surface area (Å²) in [5.41, 5.74) is 7.62. The fraction of sp³-hybridized carbons (Fsp3) is 0.200. The Bertz CT molecular complexity index is 650. The molecule has 0 fully saturated rings. The first-order valence-electron chi connectivity index (χ1n) is 6.17. The van der Waals surface area contributed by atoms with Crippen molar-refractivity contribution in [3.8, 4) is 11.8 Å². The van der Waals surface area contributed by atoms with Gasteiger partial charge in [-0.1, -0.05) is 11.8 Å². The van der Waals surface area contributed by atoms with Crippen LogP contribution in [0.3, 0.4) is 0 Å². The lowest BCUT2D eigenvalue weighted by Gasteiger charge is -2.04. The number of carbonyl (C=O) groups excluding carboxylic acids is 1. The maximum Gasteiger partial charge on any atom is 0.270 e. The van der Waals surface area contributed by atoms with Gasteiger partial charge in [0.1, 0.15) is 5.69 Å². The van der Waals surface area contributed by atoms with Gasteiger partial charge in [0.2, 0.25) is 0 Å². The molecule has 1 amide bonds. The largest absolute Gasteiger partial charge is 0.346 e. The molecule has 2 aromatic rings. The summed E-state index contributed by atoms with van der Waals surface area (Å²) in [6, 6.07) is 5.47. The molecule has 0 aliphatic carbocycles. The van der Waals surface area contributed by atoms with Crippen LogP contribution in [-0.2, 0) is 6.54 Å². The molecule has 0 radical (unpaired) electrons. The van der Waals surface area contributed by atoms with Gasteiger partial charge in [-0.3, -0.25) is 4.79 Å². The molecular formula is C15H15N3OS. The first-order valence-corrected chi connectivity index (χ1v) is 7.05. The molecule has 0 aliphatic rings. The molecule has 0 spiro atoms. The third-order valence-electron chi connectivity index (χ3n) is 2.71. The van der Waals surface area contributed by atoms with Crippen LogP contribution in [0.2, 0.25) is 0 Å². The zero-order valence-electron chi connectivity index (χ0n) is 11.1. The Labute approximate surface area is 122 Å². The summed E-state index contributed by atoms with van der Waals surface area (Å²) in [7, 11) is 0. The highest BCUT2D eigenvalue weighted by Gasteiger charge is 2.07. The van der Waals surface area contributed by atoms with Crippen molar-refractivity contribution in [3.05, 3.63) is 51.5 Å². The van der Waals surface area contributed by atoms with Crippen LogP contribution >= 0.6 is 11.3 Å². The predicted octanol–water partition coefficient (Wildman–Crippen LogP) is 1.69. The number of nitrogens with zero attached hydrogens (tertiary/aromatic N) is 1. The number of aryl methyl sites for hydroxylation is 1. The summed E-state index contributed by atoms with van der Waals surface area (Å²) in [6.07, 6.45) is 1.58. The Morgan fingerprint density at radius 2 is 2.30 bits per heavy atom. The Morgan fingerprint density at radius 3 is 2.90 bits per heavy atom. The molecule has 0 unspecified atom stereocenters. The van der Waals surface area contributed by atoms with Crippen LogP contribution in [0.15, 0.2) is 29.8 Å². The van der Waals surface area contributed by atoms with Gasteiger partial charge < -0.3 is 11.1 Å². The minimum absolute atomic E-state index is 0.184. The highest BCUT2D eigenvalue weighted by Crippen LogP contribution is 2.14. The van der Waals surface area contributed by atoms with Crippen molar-refractivity contribution in [3.63, 3.8) is 0 Å². The van der Waals surface area contributed by atoms with E-state index in [-0.39, 0.29) is 5.91 Å². The van der Waals surface area contributed by atoms with E-state index in [1.807, 2.05) is 18.4 Å². The number of amides is 1. The molecule has 4 nitrogen and oxygen atoms in total. The summed E-state index contributed by atoms with van der Waals surface area (Å²) < 4.78 is 0. The van der Waals surface area contributed by atoms with E-state index in [4.69, 9.17) is 5.73 Å². The second-order valence-corrected chi connectivity index (χ2v) is 5.15. The maximum absolute atomic E-state index is 12.0. The second-order valence-electron chi connectivity index (χ2n) is 4.15. The number of nitrogens with two attached hydrogens (primary N) is 1. The van der Waals surface area contributed by atoms with Crippen molar-refractivity contribution < 1.29 is 4.79 Å². The number of thiophene rings is 1. The van der Waals surface area contributed by atoms with E-state index in [9.17, 15) is 4.79 Å². The highest BCUT2D eigenvalue weighted by molar-refractivity contribution is 7.10. The molecule has 2 heterocycles. The zero-order valence-corrected chi connectivity index (χ0v) is 12.0. The van der Waals surface area contributed by atoms with E-state index in [2.05, 4.69) is 22.1 Å². The zero-order chi connectivity index (χ0) is 14.4. The van der Waals surface area contributed by atoms with E-state index < -0.39 is 0 Å². The lowest BCUT2D eigenvalue weighted by molar-refractivity contribution is 0.0946. The molecule has 0 saturated carbocycles. The van der Waals surface area contributed by atoms with Crippen molar-refractivity contribution >= 4 is 17.2 Å². The van der Waals surface area contributed by atoms with Gasteiger partial charge in [-0.25, -0.2) is 4.98 Å². The van der Waals surface area contributed by atoms with Crippen LogP contribution in [0, 0.1) is 18.8 Å². The number of hydrogen-bond acceptors (Lipinski definition) is 4. The third kappa shape index (κ3) is 3.67. The minimum Gasteiger partial charge on any atom is -0.346 e. The number of nitrogens with one attached hydrogen (secondary N) is 1. The van der Waals surface area contributed by atoms with Crippen LogP contribution in [0.4, 0.5) is 0 Å². The predicted molar refractivity (Wildman–Crippen MR) is 80.4 cm³/mol. The lowest BCUT2D eigenvalue weighted by Crippen LogP contribution is -2.23. The molecular weight excluding hydrogens is 270 g/mol. The summed E-state index contributed by atoms with van der Waals surface area (Å²) >= 11 is 1.63. The van der Waals surface area contributed by atoms with E-state index in [0.29, 0.717) is 18.8 Å². The van der Waals surface area contributed by atoms with Crippen LogP contribution in [0.25, 0.3) is 0 Å². The van der Waals surface area contributed by atoms with E-state index in [1.165, 1.54) is 5.56 Å². The number of hydrogen-bond donors (Lipinski definition) is 2. The van der Waals surface area contributed by atoms with E-state index in [0.717, 1.165) is 10.4 Å². The Kier molecular flexibility index (Phi) is 4.88. The van der Waals surface area contributed by atoms with Crippen LogP contribution in [-0.4, -0.2) is 17.4 Å². The topological polar surface area (TPSA) is 68.0 Å². The molecule has 102 valence electrons. The van der Waals surface area contributed by atoms with Gasteiger partial charge in [-0.15, -0.1) is 11.3 Å². The molecule has 0 aromatic carbocycles. The SMILES string of the molecule is Cc1ccsc1CNC(=O)c1ccc(C#CCN)cn1. The normalized spacial score (nSPS) is 9.70. The molecule has 20 heavy (non-hydrogen) atoms. The van der Waals surface area contributed by atoms with Gasteiger partial charge in [0.05, 0.1) is 13.1 Å². The van der Waals surface area contributed by atoms with Crippen LogP contribution in [0.5, 0.6) is 0 Å². The number of aromatic nitrogens is 1. The molecule has 0 saturated heterocycles. The van der Waals surface area contributed by atoms with Gasteiger partial charge in [-0.2, -0.15) is 0 Å². The highest BCUT2D eigenvalue weighted by atomic mass is 32.1. The first-order chi connectivity index (χ1) is 9.70. The Morgan fingerprint density at radius 1 is 1.45 bits per heavy atom. The maximum atomic E-state index is 12.0. The standard InChI is InChI=1S/C15H15N3OS/c1-11-6-8-20-14(11)10-18-15(19)13-5-4-12(9-17-13)3-2-7-16/h4-6,8-9H,7,10,16H2,1H3,(H,18,19). The number of rotatable bonds is 3. The van der Waals surface area contributed by atoms with Crippen molar-refractivity contribution in [1.82, 2.24) is 10.3 Å². The molecule has 2 aromatic heterocycles. The smallest absolute Gasteiger partial charge is 0.270 e. The second kappa shape index (κ2) is 6.85. The summed E-state index contributed by atoms with van der Waals surface area (Å²) in [5, 5.41) is 4.87.